The summed E-state index contributed by atoms with van der Waals surface area (Å²) in [5.41, 5.74) is 1.69. The lowest BCUT2D eigenvalue weighted by Crippen LogP contribution is -2.26. The minimum Gasteiger partial charge on any atom is -0.390 e. The smallest absolute Gasteiger partial charge is 0.0642 e. The largest absolute Gasteiger partial charge is 0.390 e. The zero-order valence-electron chi connectivity index (χ0n) is 20.0. The Kier molecular flexibility index (Phi) is 10.6. The maximum atomic E-state index is 10.6. The first-order chi connectivity index (χ1) is 14.9. The maximum absolute atomic E-state index is 10.6. The number of rotatable bonds is 14. The number of aliphatic hydroxyl groups is 2. The van der Waals surface area contributed by atoms with E-state index in [1.54, 1.807) is 0 Å². The van der Waals surface area contributed by atoms with Crippen LogP contribution in [-0.2, 0) is 12.8 Å². The van der Waals surface area contributed by atoms with Crippen molar-refractivity contribution in [3.63, 3.8) is 0 Å². The normalized spacial score (nSPS) is 12.3. The fraction of sp³-hybridized carbons (Fsp3) is 0.571. The lowest BCUT2D eigenvalue weighted by Gasteiger charge is -2.25. The van der Waals surface area contributed by atoms with Crippen molar-refractivity contribution in [2.24, 2.45) is 0 Å². The van der Waals surface area contributed by atoms with Gasteiger partial charge in [0.2, 0.25) is 0 Å². The highest BCUT2D eigenvalue weighted by molar-refractivity contribution is 7.99. The zero-order chi connectivity index (χ0) is 22.7. The molecule has 2 nitrogen and oxygen atoms in total. The molecule has 0 unspecified atom stereocenters. The number of hydrogen-bond acceptors (Lipinski definition) is 3. The van der Waals surface area contributed by atoms with E-state index in [0.717, 1.165) is 64.2 Å². The molecule has 2 rings (SSSR count). The maximum Gasteiger partial charge on any atom is 0.0642 e. The lowest BCUT2D eigenvalue weighted by atomic mass is 9.90. The molecule has 2 aromatic rings. The van der Waals surface area contributed by atoms with Gasteiger partial charge in [-0.1, -0.05) is 75.9 Å². The van der Waals surface area contributed by atoms with Gasteiger partial charge >= 0.3 is 0 Å². The van der Waals surface area contributed by atoms with Gasteiger partial charge in [-0.05, 0) is 87.5 Å². The van der Waals surface area contributed by atoms with Gasteiger partial charge in [-0.15, -0.1) is 0 Å². The SMILES string of the molecule is CCC(O)(CC)CCCc1ccccc1Sc1ccccc1CCCC(O)(CC)CC. The molecule has 0 aliphatic carbocycles. The average Bonchev–Trinajstić information content (AvgIpc) is 2.81. The van der Waals surface area contributed by atoms with E-state index in [0.29, 0.717) is 0 Å². The van der Waals surface area contributed by atoms with E-state index in [-0.39, 0.29) is 0 Å². The monoisotopic (exact) mass is 442 g/mol. The van der Waals surface area contributed by atoms with Gasteiger partial charge in [0.15, 0.2) is 0 Å². The van der Waals surface area contributed by atoms with Gasteiger partial charge < -0.3 is 10.2 Å². The minimum atomic E-state index is -0.520. The van der Waals surface area contributed by atoms with E-state index >= 15 is 0 Å². The van der Waals surface area contributed by atoms with Crippen LogP contribution in [0.2, 0.25) is 0 Å². The Morgan fingerprint density at radius 2 is 0.968 bits per heavy atom. The van der Waals surface area contributed by atoms with Crippen molar-refractivity contribution in [3.05, 3.63) is 59.7 Å². The van der Waals surface area contributed by atoms with Crippen molar-refractivity contribution in [1.29, 1.82) is 0 Å². The Hall–Kier alpha value is -1.29. The average molecular weight is 443 g/mol. The summed E-state index contributed by atoms with van der Waals surface area (Å²) in [5, 5.41) is 21.2. The molecule has 0 amide bonds. The van der Waals surface area contributed by atoms with E-state index < -0.39 is 11.2 Å². The molecule has 2 N–H and O–H groups in total. The van der Waals surface area contributed by atoms with Gasteiger partial charge in [-0.25, -0.2) is 0 Å². The number of hydrogen-bond donors (Lipinski definition) is 2. The van der Waals surface area contributed by atoms with Crippen LogP contribution in [0, 0.1) is 0 Å². The van der Waals surface area contributed by atoms with Crippen LogP contribution in [0.15, 0.2) is 58.3 Å². The molecule has 0 saturated heterocycles. The summed E-state index contributed by atoms with van der Waals surface area (Å²) < 4.78 is 0. The summed E-state index contributed by atoms with van der Waals surface area (Å²) in [7, 11) is 0. The summed E-state index contributed by atoms with van der Waals surface area (Å²) in [6.07, 6.45) is 8.98. The van der Waals surface area contributed by atoms with E-state index in [1.807, 2.05) is 11.8 Å². The molecule has 0 aliphatic rings. The molecule has 0 spiro atoms. The number of benzene rings is 2. The van der Waals surface area contributed by atoms with Gasteiger partial charge in [0.05, 0.1) is 11.2 Å². The summed E-state index contributed by atoms with van der Waals surface area (Å²) in [6, 6.07) is 17.4. The zero-order valence-corrected chi connectivity index (χ0v) is 20.8. The third kappa shape index (κ3) is 7.97. The highest BCUT2D eigenvalue weighted by Crippen LogP contribution is 2.35. The van der Waals surface area contributed by atoms with Crippen molar-refractivity contribution in [3.8, 4) is 0 Å². The molecule has 3 heteroatoms. The molecule has 0 radical (unpaired) electrons. The molecule has 172 valence electrons. The lowest BCUT2D eigenvalue weighted by molar-refractivity contribution is 0.0214. The second-order valence-electron chi connectivity index (χ2n) is 8.89. The van der Waals surface area contributed by atoms with Crippen molar-refractivity contribution < 1.29 is 10.2 Å². The van der Waals surface area contributed by atoms with Gasteiger partial charge in [0, 0.05) is 9.79 Å². The molecule has 0 aromatic heterocycles. The van der Waals surface area contributed by atoms with Crippen LogP contribution in [0.4, 0.5) is 0 Å². The van der Waals surface area contributed by atoms with Crippen molar-refractivity contribution in [2.75, 3.05) is 0 Å². The van der Waals surface area contributed by atoms with Crippen molar-refractivity contribution in [1.82, 2.24) is 0 Å². The van der Waals surface area contributed by atoms with E-state index in [1.165, 1.54) is 20.9 Å². The molecule has 0 aliphatic heterocycles. The van der Waals surface area contributed by atoms with Crippen molar-refractivity contribution in [2.45, 2.75) is 113 Å². The molecule has 0 saturated carbocycles. The highest BCUT2D eigenvalue weighted by atomic mass is 32.2. The van der Waals surface area contributed by atoms with E-state index in [4.69, 9.17) is 0 Å². The summed E-state index contributed by atoms with van der Waals surface area (Å²) in [4.78, 5) is 2.62. The van der Waals surface area contributed by atoms with Crippen LogP contribution in [0.3, 0.4) is 0 Å². The Morgan fingerprint density at radius 3 is 1.32 bits per heavy atom. The van der Waals surface area contributed by atoms with Crippen LogP contribution in [-0.4, -0.2) is 21.4 Å². The molecule has 0 atom stereocenters. The number of aryl methyl sites for hydroxylation is 2. The van der Waals surface area contributed by atoms with Crippen molar-refractivity contribution >= 4 is 11.8 Å². The third-order valence-electron chi connectivity index (χ3n) is 6.97. The second-order valence-corrected chi connectivity index (χ2v) is 9.97. The fourth-order valence-electron chi connectivity index (χ4n) is 4.16. The standard InChI is InChI=1S/C28H42O2S/c1-5-27(29,6-2)21-13-17-23-15-9-11-19-25(23)31-26-20-12-10-16-24(26)18-14-22-28(30,7-3)8-4/h9-12,15-16,19-20,29-30H,5-8,13-14,17-18,21-22H2,1-4H3. The van der Waals surface area contributed by atoms with E-state index in [2.05, 4.69) is 76.2 Å². The van der Waals surface area contributed by atoms with E-state index in [9.17, 15) is 10.2 Å². The van der Waals surface area contributed by atoms with Crippen LogP contribution >= 0.6 is 11.8 Å². The van der Waals surface area contributed by atoms with Crippen LogP contribution in [0.5, 0.6) is 0 Å². The first-order valence-corrected chi connectivity index (χ1v) is 13.0. The second kappa shape index (κ2) is 12.7. The minimum absolute atomic E-state index is 0.520. The molecular weight excluding hydrogens is 400 g/mol. The predicted octanol–water partition coefficient (Wildman–Crippen LogP) is 7.59. The molecule has 0 fully saturated rings. The van der Waals surface area contributed by atoms with Gasteiger partial charge in [0.1, 0.15) is 0 Å². The molecule has 31 heavy (non-hydrogen) atoms. The summed E-state index contributed by atoms with van der Waals surface area (Å²) >= 11 is 1.85. The quantitative estimate of drug-likeness (QED) is 0.317. The first kappa shape index (κ1) is 26.0. The summed E-state index contributed by atoms with van der Waals surface area (Å²) in [6.45, 7) is 8.30. The molecular formula is C28H42O2S. The van der Waals surface area contributed by atoms with Crippen LogP contribution < -0.4 is 0 Å². The topological polar surface area (TPSA) is 40.5 Å². The Bertz CT molecular complexity index is 713. The first-order valence-electron chi connectivity index (χ1n) is 12.2. The molecule has 0 bridgehead atoms. The van der Waals surface area contributed by atoms with Gasteiger partial charge in [-0.3, -0.25) is 0 Å². The molecule has 2 aromatic carbocycles. The highest BCUT2D eigenvalue weighted by Gasteiger charge is 2.22. The Labute approximate surface area is 194 Å². The summed E-state index contributed by atoms with van der Waals surface area (Å²) in [5.74, 6) is 0. The third-order valence-corrected chi connectivity index (χ3v) is 8.21. The predicted molar refractivity (Wildman–Crippen MR) is 134 cm³/mol. The van der Waals surface area contributed by atoms with Gasteiger partial charge in [-0.2, -0.15) is 0 Å². The fourth-order valence-corrected chi connectivity index (χ4v) is 5.29. The van der Waals surface area contributed by atoms with Crippen LogP contribution in [0.1, 0.15) is 90.2 Å². The van der Waals surface area contributed by atoms with Crippen LogP contribution in [0.25, 0.3) is 0 Å². The Balaban J connectivity index is 2.05. The van der Waals surface area contributed by atoms with Gasteiger partial charge in [0.25, 0.3) is 0 Å². The molecule has 0 heterocycles. The Morgan fingerprint density at radius 1 is 0.613 bits per heavy atom.